The zero-order valence-corrected chi connectivity index (χ0v) is 17.4. The fourth-order valence-corrected chi connectivity index (χ4v) is 3.41. The lowest BCUT2D eigenvalue weighted by Gasteiger charge is -2.23. The summed E-state index contributed by atoms with van der Waals surface area (Å²) < 4.78 is 16.3. The number of benzene rings is 2. The van der Waals surface area contributed by atoms with Gasteiger partial charge in [0.1, 0.15) is 0 Å². The molecule has 3 rings (SSSR count). The van der Waals surface area contributed by atoms with Gasteiger partial charge in [-0.3, -0.25) is 4.79 Å². The van der Waals surface area contributed by atoms with Crippen molar-refractivity contribution in [2.24, 2.45) is 0 Å². The van der Waals surface area contributed by atoms with E-state index in [9.17, 15) is 4.79 Å². The van der Waals surface area contributed by atoms with Crippen LogP contribution in [0, 0.1) is 13.8 Å². The van der Waals surface area contributed by atoms with Gasteiger partial charge in [-0.25, -0.2) is 0 Å². The third kappa shape index (κ3) is 4.24. The fourth-order valence-electron chi connectivity index (χ4n) is 3.41. The summed E-state index contributed by atoms with van der Waals surface area (Å²) in [5.74, 6) is 1.96. The van der Waals surface area contributed by atoms with E-state index in [1.807, 2.05) is 42.2 Å². The van der Waals surface area contributed by atoms with Crippen molar-refractivity contribution in [2.75, 3.05) is 27.9 Å². The Balaban J connectivity index is 1.79. The van der Waals surface area contributed by atoms with Gasteiger partial charge in [-0.05, 0) is 74.1 Å². The molecular weight excluding hydrogens is 354 g/mol. The van der Waals surface area contributed by atoms with Crippen LogP contribution in [0.5, 0.6) is 17.2 Å². The highest BCUT2D eigenvalue weighted by Crippen LogP contribution is 2.38. The lowest BCUT2D eigenvalue weighted by atomic mass is 10.0. The number of nitrogens with zero attached hydrogens (tertiary/aromatic N) is 1. The monoisotopic (exact) mass is 383 g/mol. The number of amides is 1. The number of ether oxygens (including phenoxy) is 3. The predicted octanol–water partition coefficient (Wildman–Crippen LogP) is 4.18. The zero-order valence-electron chi connectivity index (χ0n) is 17.4. The molecule has 0 bridgehead atoms. The molecule has 0 N–H and O–H groups in total. The molecule has 2 aromatic carbocycles. The third-order valence-corrected chi connectivity index (χ3v) is 5.37. The standard InChI is InChI=1S/C23H29NO4/c1-15-6-7-18(12-16(15)2)23(25)24(19-8-9-19)11-10-17-13-20(26-3)22(28-5)21(14-17)27-4/h6-7,12-14,19H,8-11H2,1-5H3. The smallest absolute Gasteiger partial charge is 0.254 e. The number of hydrogen-bond acceptors (Lipinski definition) is 4. The van der Waals surface area contributed by atoms with Gasteiger partial charge in [0.25, 0.3) is 5.91 Å². The molecule has 0 atom stereocenters. The Bertz CT molecular complexity index is 833. The van der Waals surface area contributed by atoms with Crippen LogP contribution in [0.2, 0.25) is 0 Å². The van der Waals surface area contributed by atoms with Crippen LogP contribution in [0.3, 0.4) is 0 Å². The predicted molar refractivity (Wildman–Crippen MR) is 110 cm³/mol. The Labute approximate surface area is 167 Å². The number of carbonyl (C=O) groups excluding carboxylic acids is 1. The van der Waals surface area contributed by atoms with Gasteiger partial charge >= 0.3 is 0 Å². The molecule has 1 amide bonds. The topological polar surface area (TPSA) is 48.0 Å². The third-order valence-electron chi connectivity index (χ3n) is 5.37. The van der Waals surface area contributed by atoms with E-state index in [-0.39, 0.29) is 5.91 Å². The molecule has 0 aromatic heterocycles. The average molecular weight is 383 g/mol. The average Bonchev–Trinajstić information content (AvgIpc) is 3.54. The minimum absolute atomic E-state index is 0.109. The van der Waals surface area contributed by atoms with Gasteiger partial charge in [0.2, 0.25) is 5.75 Å². The SMILES string of the molecule is COc1cc(CCN(C(=O)c2ccc(C)c(C)c2)C2CC2)cc(OC)c1OC. The Morgan fingerprint density at radius 1 is 0.964 bits per heavy atom. The first-order valence-corrected chi connectivity index (χ1v) is 9.65. The number of methoxy groups -OCH3 is 3. The molecule has 0 saturated heterocycles. The van der Waals surface area contributed by atoms with Crippen molar-refractivity contribution < 1.29 is 19.0 Å². The van der Waals surface area contributed by atoms with Crippen LogP contribution >= 0.6 is 0 Å². The summed E-state index contributed by atoms with van der Waals surface area (Å²) in [6, 6.07) is 10.2. The van der Waals surface area contributed by atoms with E-state index in [0.717, 1.165) is 36.0 Å². The molecule has 0 spiro atoms. The van der Waals surface area contributed by atoms with E-state index >= 15 is 0 Å². The maximum Gasteiger partial charge on any atom is 0.254 e. The number of hydrogen-bond donors (Lipinski definition) is 0. The quantitative estimate of drug-likeness (QED) is 0.686. The maximum absolute atomic E-state index is 13.1. The molecule has 28 heavy (non-hydrogen) atoms. The van der Waals surface area contributed by atoms with Crippen LogP contribution in [0.4, 0.5) is 0 Å². The summed E-state index contributed by atoms with van der Waals surface area (Å²) in [5.41, 5.74) is 4.16. The summed E-state index contributed by atoms with van der Waals surface area (Å²) >= 11 is 0. The van der Waals surface area contributed by atoms with Crippen LogP contribution in [0.15, 0.2) is 30.3 Å². The first-order chi connectivity index (χ1) is 13.5. The van der Waals surface area contributed by atoms with E-state index in [1.54, 1.807) is 21.3 Å². The number of carbonyl (C=O) groups is 1. The van der Waals surface area contributed by atoms with E-state index in [2.05, 4.69) is 6.92 Å². The Morgan fingerprint density at radius 2 is 1.61 bits per heavy atom. The number of rotatable bonds is 8. The van der Waals surface area contributed by atoms with Crippen molar-refractivity contribution >= 4 is 5.91 Å². The molecule has 2 aromatic rings. The van der Waals surface area contributed by atoms with Crippen molar-refractivity contribution in [2.45, 2.75) is 39.2 Å². The normalized spacial score (nSPS) is 13.2. The molecule has 0 aliphatic heterocycles. The van der Waals surface area contributed by atoms with Crippen molar-refractivity contribution in [1.82, 2.24) is 4.90 Å². The molecule has 150 valence electrons. The van der Waals surface area contributed by atoms with Gasteiger partial charge in [-0.2, -0.15) is 0 Å². The second kappa shape index (κ2) is 8.55. The maximum atomic E-state index is 13.1. The Kier molecular flexibility index (Phi) is 6.12. The summed E-state index contributed by atoms with van der Waals surface area (Å²) in [5, 5.41) is 0. The second-order valence-corrected chi connectivity index (χ2v) is 7.31. The summed E-state index contributed by atoms with van der Waals surface area (Å²) in [6.45, 7) is 4.77. The molecule has 5 nitrogen and oxygen atoms in total. The zero-order chi connectivity index (χ0) is 20.3. The Hall–Kier alpha value is -2.69. The number of aryl methyl sites for hydroxylation is 2. The molecule has 0 radical (unpaired) electrons. The van der Waals surface area contributed by atoms with Crippen LogP contribution in [-0.2, 0) is 6.42 Å². The Morgan fingerprint density at radius 3 is 2.11 bits per heavy atom. The fraction of sp³-hybridized carbons (Fsp3) is 0.435. The van der Waals surface area contributed by atoms with Crippen LogP contribution in [0.25, 0.3) is 0 Å². The highest BCUT2D eigenvalue weighted by atomic mass is 16.5. The lowest BCUT2D eigenvalue weighted by Crippen LogP contribution is -2.35. The van der Waals surface area contributed by atoms with Crippen LogP contribution < -0.4 is 14.2 Å². The summed E-state index contributed by atoms with van der Waals surface area (Å²) in [7, 11) is 4.82. The van der Waals surface area contributed by atoms with Gasteiger partial charge in [0.15, 0.2) is 11.5 Å². The van der Waals surface area contributed by atoms with Gasteiger partial charge in [0.05, 0.1) is 21.3 Å². The van der Waals surface area contributed by atoms with Crippen molar-refractivity contribution in [3.8, 4) is 17.2 Å². The molecule has 1 aliphatic carbocycles. The van der Waals surface area contributed by atoms with E-state index in [1.165, 1.54) is 5.56 Å². The minimum atomic E-state index is 0.109. The minimum Gasteiger partial charge on any atom is -0.493 e. The van der Waals surface area contributed by atoms with Gasteiger partial charge in [-0.1, -0.05) is 6.07 Å². The van der Waals surface area contributed by atoms with Gasteiger partial charge in [-0.15, -0.1) is 0 Å². The van der Waals surface area contributed by atoms with E-state index in [4.69, 9.17) is 14.2 Å². The summed E-state index contributed by atoms with van der Waals surface area (Å²) in [6.07, 6.45) is 2.88. The molecule has 0 unspecified atom stereocenters. The lowest BCUT2D eigenvalue weighted by molar-refractivity contribution is 0.0745. The molecule has 1 aliphatic rings. The van der Waals surface area contributed by atoms with Gasteiger partial charge < -0.3 is 19.1 Å². The van der Waals surface area contributed by atoms with Crippen LogP contribution in [-0.4, -0.2) is 44.7 Å². The first kappa shape index (κ1) is 20.1. The van der Waals surface area contributed by atoms with Crippen molar-refractivity contribution in [3.05, 3.63) is 52.6 Å². The first-order valence-electron chi connectivity index (χ1n) is 9.65. The highest BCUT2D eigenvalue weighted by Gasteiger charge is 2.33. The van der Waals surface area contributed by atoms with E-state index < -0.39 is 0 Å². The highest BCUT2D eigenvalue weighted by molar-refractivity contribution is 5.95. The molecule has 1 saturated carbocycles. The molecule has 1 fully saturated rings. The molecule has 5 heteroatoms. The van der Waals surface area contributed by atoms with Crippen molar-refractivity contribution in [3.63, 3.8) is 0 Å². The van der Waals surface area contributed by atoms with Crippen molar-refractivity contribution in [1.29, 1.82) is 0 Å². The summed E-state index contributed by atoms with van der Waals surface area (Å²) in [4.78, 5) is 15.1. The van der Waals surface area contributed by atoms with E-state index in [0.29, 0.717) is 29.8 Å². The molecule has 0 heterocycles. The van der Waals surface area contributed by atoms with Crippen LogP contribution in [0.1, 0.15) is 39.9 Å². The largest absolute Gasteiger partial charge is 0.493 e. The van der Waals surface area contributed by atoms with Gasteiger partial charge in [0, 0.05) is 18.2 Å². The molecular formula is C23H29NO4. The second-order valence-electron chi connectivity index (χ2n) is 7.31.